The molecule has 27 heavy (non-hydrogen) atoms. The number of hydrogen-bond acceptors (Lipinski definition) is 4. The molecule has 7 heteroatoms. The molecule has 0 fully saturated rings. The van der Waals surface area contributed by atoms with E-state index < -0.39 is 10.0 Å². The van der Waals surface area contributed by atoms with Crippen molar-refractivity contribution in [2.24, 2.45) is 7.05 Å². The topological polar surface area (TPSA) is 75.3 Å². The predicted molar refractivity (Wildman–Crippen MR) is 107 cm³/mol. The third-order valence-electron chi connectivity index (χ3n) is 4.81. The molecular weight excluding hydrogens is 362 g/mol. The van der Waals surface area contributed by atoms with Gasteiger partial charge in [-0.3, -0.25) is 4.31 Å². The Bertz CT molecular complexity index is 1140. The summed E-state index contributed by atoms with van der Waals surface area (Å²) in [4.78, 5) is 0. The van der Waals surface area contributed by atoms with E-state index in [-0.39, 0.29) is 5.75 Å². The molecule has 140 valence electrons. The lowest BCUT2D eigenvalue weighted by atomic mass is 10.1. The van der Waals surface area contributed by atoms with Crippen molar-refractivity contribution in [3.63, 3.8) is 0 Å². The van der Waals surface area contributed by atoms with Gasteiger partial charge in [-0.05, 0) is 36.8 Å². The highest BCUT2D eigenvalue weighted by atomic mass is 32.2. The minimum Gasteiger partial charge on any atom is -0.497 e. The number of aryl methyl sites for hydroxylation is 1. The van der Waals surface area contributed by atoms with E-state index in [1.54, 1.807) is 26.2 Å². The summed E-state index contributed by atoms with van der Waals surface area (Å²) in [5.41, 5.74) is 3.69. The van der Waals surface area contributed by atoms with E-state index in [1.165, 1.54) is 11.4 Å². The van der Waals surface area contributed by atoms with Crippen molar-refractivity contribution < 1.29 is 13.2 Å². The zero-order valence-electron chi connectivity index (χ0n) is 15.7. The maximum atomic E-state index is 12.1. The molecule has 0 atom stereocenters. The Morgan fingerprint density at radius 1 is 1.19 bits per heavy atom. The summed E-state index contributed by atoms with van der Waals surface area (Å²) in [5.74, 6) is 0.760. The molecule has 3 aromatic rings. The third kappa shape index (κ3) is 3.13. The van der Waals surface area contributed by atoms with Gasteiger partial charge in [0, 0.05) is 25.5 Å². The van der Waals surface area contributed by atoms with Gasteiger partial charge in [-0.2, -0.15) is 5.26 Å². The molecule has 0 N–H and O–H groups in total. The van der Waals surface area contributed by atoms with Crippen molar-refractivity contribution in [1.82, 2.24) is 4.57 Å². The molecule has 0 saturated heterocycles. The van der Waals surface area contributed by atoms with Crippen molar-refractivity contribution >= 4 is 26.6 Å². The second kappa shape index (κ2) is 6.97. The number of nitriles is 1. The number of rotatable bonds is 5. The SMILES string of the molecule is CCS(=O)(=O)N(C)c1ccc(-c2c(C#N)c3ccc(OC)cc3n2C)cc1. The van der Waals surface area contributed by atoms with Crippen molar-refractivity contribution in [2.45, 2.75) is 6.92 Å². The highest BCUT2D eigenvalue weighted by Gasteiger charge is 2.19. The average Bonchev–Trinajstić information content (AvgIpc) is 2.98. The van der Waals surface area contributed by atoms with Crippen LogP contribution >= 0.6 is 0 Å². The van der Waals surface area contributed by atoms with Gasteiger partial charge in [0.1, 0.15) is 11.8 Å². The summed E-state index contributed by atoms with van der Waals surface area (Å²) in [5, 5.41) is 10.6. The molecule has 2 aromatic carbocycles. The van der Waals surface area contributed by atoms with Crippen LogP contribution in [0.3, 0.4) is 0 Å². The molecule has 0 bridgehead atoms. The Labute approximate surface area is 159 Å². The molecule has 0 aliphatic carbocycles. The van der Waals surface area contributed by atoms with E-state index in [9.17, 15) is 13.7 Å². The maximum absolute atomic E-state index is 12.1. The molecule has 0 radical (unpaired) electrons. The van der Waals surface area contributed by atoms with E-state index in [2.05, 4.69) is 6.07 Å². The van der Waals surface area contributed by atoms with Gasteiger partial charge in [0.15, 0.2) is 0 Å². The van der Waals surface area contributed by atoms with Gasteiger partial charge >= 0.3 is 0 Å². The molecule has 0 saturated carbocycles. The monoisotopic (exact) mass is 383 g/mol. The Hall–Kier alpha value is -2.98. The number of benzene rings is 2. The molecule has 0 aliphatic rings. The Morgan fingerprint density at radius 3 is 2.41 bits per heavy atom. The molecule has 3 rings (SSSR count). The van der Waals surface area contributed by atoms with Gasteiger partial charge in [0.2, 0.25) is 10.0 Å². The second-order valence-electron chi connectivity index (χ2n) is 6.19. The number of methoxy groups -OCH3 is 1. The molecule has 0 unspecified atom stereocenters. The molecule has 0 spiro atoms. The van der Waals surface area contributed by atoms with Gasteiger partial charge in [-0.1, -0.05) is 12.1 Å². The fraction of sp³-hybridized carbons (Fsp3) is 0.250. The number of ether oxygens (including phenoxy) is 1. The van der Waals surface area contributed by atoms with Crippen molar-refractivity contribution in [3.8, 4) is 23.1 Å². The van der Waals surface area contributed by atoms with Gasteiger partial charge in [-0.25, -0.2) is 8.42 Å². The molecule has 6 nitrogen and oxygen atoms in total. The first-order valence-corrected chi connectivity index (χ1v) is 10.1. The second-order valence-corrected chi connectivity index (χ2v) is 8.48. The Morgan fingerprint density at radius 2 is 1.85 bits per heavy atom. The molecule has 1 aromatic heterocycles. The van der Waals surface area contributed by atoms with Gasteiger partial charge in [0.05, 0.1) is 35.3 Å². The summed E-state index contributed by atoms with van der Waals surface area (Å²) in [6.07, 6.45) is 0. The normalized spacial score (nSPS) is 11.4. The lowest BCUT2D eigenvalue weighted by molar-refractivity contribution is 0.415. The number of hydrogen-bond donors (Lipinski definition) is 0. The van der Waals surface area contributed by atoms with Crippen LogP contribution in [0.1, 0.15) is 12.5 Å². The summed E-state index contributed by atoms with van der Waals surface area (Å²) in [6, 6.07) is 15.1. The highest BCUT2D eigenvalue weighted by Crippen LogP contribution is 2.35. The predicted octanol–water partition coefficient (Wildman–Crippen LogP) is 3.51. The molecule has 0 aliphatic heterocycles. The number of anilines is 1. The highest BCUT2D eigenvalue weighted by molar-refractivity contribution is 7.92. The first-order chi connectivity index (χ1) is 12.8. The number of aromatic nitrogens is 1. The largest absolute Gasteiger partial charge is 0.497 e. The first kappa shape index (κ1) is 18.8. The van der Waals surface area contributed by atoms with Gasteiger partial charge in [0.25, 0.3) is 0 Å². The van der Waals surface area contributed by atoms with Crippen LogP contribution < -0.4 is 9.04 Å². The lowest BCUT2D eigenvalue weighted by Crippen LogP contribution is -2.27. The Balaban J connectivity index is 2.13. The van der Waals surface area contributed by atoms with Crippen LogP contribution in [0.5, 0.6) is 5.75 Å². The molecule has 0 amide bonds. The first-order valence-electron chi connectivity index (χ1n) is 8.47. The third-order valence-corrected chi connectivity index (χ3v) is 6.58. The molecule has 1 heterocycles. The van der Waals surface area contributed by atoms with Crippen molar-refractivity contribution in [2.75, 3.05) is 24.2 Å². The van der Waals surface area contributed by atoms with E-state index in [0.717, 1.165) is 27.9 Å². The van der Waals surface area contributed by atoms with Crippen LogP contribution in [0.25, 0.3) is 22.2 Å². The summed E-state index contributed by atoms with van der Waals surface area (Å²) in [6.45, 7) is 1.61. The van der Waals surface area contributed by atoms with Crippen LogP contribution in [-0.2, 0) is 17.1 Å². The summed E-state index contributed by atoms with van der Waals surface area (Å²) in [7, 11) is 1.73. The number of sulfonamides is 1. The smallest absolute Gasteiger partial charge is 0.234 e. The average molecular weight is 383 g/mol. The van der Waals surface area contributed by atoms with Crippen LogP contribution in [0, 0.1) is 11.3 Å². The maximum Gasteiger partial charge on any atom is 0.234 e. The van der Waals surface area contributed by atoms with Crippen LogP contribution in [0.4, 0.5) is 5.69 Å². The van der Waals surface area contributed by atoms with Crippen molar-refractivity contribution in [3.05, 3.63) is 48.0 Å². The minimum atomic E-state index is -3.32. The van der Waals surface area contributed by atoms with Crippen LogP contribution in [0.2, 0.25) is 0 Å². The number of fused-ring (bicyclic) bond motifs is 1. The fourth-order valence-corrected chi connectivity index (χ4v) is 4.01. The lowest BCUT2D eigenvalue weighted by Gasteiger charge is -2.18. The summed E-state index contributed by atoms with van der Waals surface area (Å²) < 4.78 is 32.6. The number of nitrogens with zero attached hydrogens (tertiary/aromatic N) is 3. The van der Waals surface area contributed by atoms with E-state index >= 15 is 0 Å². The quantitative estimate of drug-likeness (QED) is 0.676. The van der Waals surface area contributed by atoms with E-state index in [1.807, 2.05) is 41.9 Å². The fourth-order valence-electron chi connectivity index (χ4n) is 3.18. The standard InChI is InChI=1S/C20H21N3O3S/c1-5-27(24,25)23(3)15-8-6-14(7-9-15)20-18(13-21)17-11-10-16(26-4)12-19(17)22(20)2/h6-12H,5H2,1-4H3. The van der Waals surface area contributed by atoms with Gasteiger partial charge in [-0.15, -0.1) is 0 Å². The zero-order chi connectivity index (χ0) is 19.8. The van der Waals surface area contributed by atoms with Gasteiger partial charge < -0.3 is 9.30 Å². The van der Waals surface area contributed by atoms with E-state index in [4.69, 9.17) is 4.74 Å². The minimum absolute atomic E-state index is 0.0366. The summed E-state index contributed by atoms with van der Waals surface area (Å²) >= 11 is 0. The zero-order valence-corrected chi connectivity index (χ0v) is 16.5. The van der Waals surface area contributed by atoms with Crippen molar-refractivity contribution in [1.29, 1.82) is 5.26 Å². The van der Waals surface area contributed by atoms with E-state index in [0.29, 0.717) is 11.3 Å². The molecular formula is C20H21N3O3S. The van der Waals surface area contributed by atoms with Crippen LogP contribution in [-0.4, -0.2) is 32.9 Å². The van der Waals surface area contributed by atoms with Crippen LogP contribution in [0.15, 0.2) is 42.5 Å². The Kier molecular flexibility index (Phi) is 4.85.